The predicted octanol–water partition coefficient (Wildman–Crippen LogP) is 5.76. The molecule has 0 atom stereocenters. The minimum atomic E-state index is 1.22. The summed E-state index contributed by atoms with van der Waals surface area (Å²) in [4.78, 5) is 2.91. The SMILES string of the molecule is c1ccc(SC2=C(c3ccccc3)CCCC2)cc1. The van der Waals surface area contributed by atoms with Crippen LogP contribution in [0.4, 0.5) is 0 Å². The molecule has 0 amide bonds. The van der Waals surface area contributed by atoms with Crippen molar-refractivity contribution in [3.05, 3.63) is 71.1 Å². The number of hydrogen-bond acceptors (Lipinski definition) is 1. The minimum absolute atomic E-state index is 1.22. The Morgan fingerprint density at radius 2 is 1.32 bits per heavy atom. The van der Waals surface area contributed by atoms with E-state index >= 15 is 0 Å². The van der Waals surface area contributed by atoms with E-state index in [4.69, 9.17) is 0 Å². The Morgan fingerprint density at radius 3 is 2.05 bits per heavy atom. The Kier molecular flexibility index (Phi) is 4.04. The van der Waals surface area contributed by atoms with Gasteiger partial charge in [0, 0.05) is 4.90 Å². The first-order chi connectivity index (χ1) is 9.43. The third kappa shape index (κ3) is 3.10. The molecule has 1 heteroatoms. The van der Waals surface area contributed by atoms with Gasteiger partial charge in [-0.2, -0.15) is 0 Å². The summed E-state index contributed by atoms with van der Waals surface area (Å²) < 4.78 is 0. The molecule has 0 fully saturated rings. The van der Waals surface area contributed by atoms with E-state index in [1.54, 1.807) is 10.5 Å². The van der Waals surface area contributed by atoms with Gasteiger partial charge in [0.2, 0.25) is 0 Å². The molecule has 0 heterocycles. The van der Waals surface area contributed by atoms with Gasteiger partial charge in [0.15, 0.2) is 0 Å². The Hall–Kier alpha value is -1.47. The summed E-state index contributed by atoms with van der Waals surface area (Å²) >= 11 is 1.95. The van der Waals surface area contributed by atoms with E-state index in [1.807, 2.05) is 11.8 Å². The second-order valence-electron chi connectivity index (χ2n) is 4.89. The van der Waals surface area contributed by atoms with Crippen molar-refractivity contribution in [1.82, 2.24) is 0 Å². The summed E-state index contributed by atoms with van der Waals surface area (Å²) in [7, 11) is 0. The van der Waals surface area contributed by atoms with Crippen LogP contribution in [0, 0.1) is 0 Å². The molecule has 96 valence electrons. The second-order valence-corrected chi connectivity index (χ2v) is 6.06. The van der Waals surface area contributed by atoms with Crippen LogP contribution in [-0.2, 0) is 0 Å². The highest BCUT2D eigenvalue weighted by Gasteiger charge is 2.15. The lowest BCUT2D eigenvalue weighted by molar-refractivity contribution is 0.735. The summed E-state index contributed by atoms with van der Waals surface area (Å²) in [6, 6.07) is 21.6. The first kappa shape index (κ1) is 12.6. The monoisotopic (exact) mass is 266 g/mol. The smallest absolute Gasteiger partial charge is 0.0119 e. The van der Waals surface area contributed by atoms with Crippen LogP contribution in [0.5, 0.6) is 0 Å². The molecule has 19 heavy (non-hydrogen) atoms. The molecule has 2 aromatic carbocycles. The van der Waals surface area contributed by atoms with Crippen LogP contribution in [-0.4, -0.2) is 0 Å². The molecular formula is C18H18S. The van der Waals surface area contributed by atoms with Gasteiger partial charge in [-0.25, -0.2) is 0 Å². The van der Waals surface area contributed by atoms with E-state index in [9.17, 15) is 0 Å². The van der Waals surface area contributed by atoms with Gasteiger partial charge >= 0.3 is 0 Å². The van der Waals surface area contributed by atoms with Crippen molar-refractivity contribution < 1.29 is 0 Å². The second kappa shape index (κ2) is 6.12. The van der Waals surface area contributed by atoms with Crippen LogP contribution in [0.1, 0.15) is 31.2 Å². The maximum atomic E-state index is 2.24. The lowest BCUT2D eigenvalue weighted by atomic mass is 9.93. The zero-order valence-corrected chi connectivity index (χ0v) is 11.8. The average Bonchev–Trinajstić information content (AvgIpc) is 2.50. The van der Waals surface area contributed by atoms with E-state index in [1.165, 1.54) is 36.1 Å². The molecule has 0 radical (unpaired) electrons. The van der Waals surface area contributed by atoms with Gasteiger partial charge in [0.1, 0.15) is 0 Å². The fourth-order valence-corrected chi connectivity index (χ4v) is 3.73. The molecule has 0 spiro atoms. The number of allylic oxidation sites excluding steroid dienone is 2. The molecule has 0 aromatic heterocycles. The summed E-state index contributed by atoms with van der Waals surface area (Å²) in [6.45, 7) is 0. The van der Waals surface area contributed by atoms with Crippen molar-refractivity contribution in [3.63, 3.8) is 0 Å². The summed E-state index contributed by atoms with van der Waals surface area (Å²) in [5.41, 5.74) is 2.96. The molecule has 2 aromatic rings. The summed E-state index contributed by atoms with van der Waals surface area (Å²) in [5.74, 6) is 0. The molecule has 0 N–H and O–H groups in total. The lowest BCUT2D eigenvalue weighted by Crippen LogP contribution is -1.97. The first-order valence-corrected chi connectivity index (χ1v) is 7.75. The molecule has 1 aliphatic rings. The molecule has 0 saturated heterocycles. The van der Waals surface area contributed by atoms with Gasteiger partial charge in [0.05, 0.1) is 0 Å². The van der Waals surface area contributed by atoms with E-state index in [0.29, 0.717) is 0 Å². The van der Waals surface area contributed by atoms with Crippen LogP contribution < -0.4 is 0 Å². The van der Waals surface area contributed by atoms with Gasteiger partial charge in [-0.1, -0.05) is 60.3 Å². The number of hydrogen-bond donors (Lipinski definition) is 0. The number of rotatable bonds is 3. The summed E-state index contributed by atoms with van der Waals surface area (Å²) in [6.07, 6.45) is 5.09. The van der Waals surface area contributed by atoms with Crippen molar-refractivity contribution in [1.29, 1.82) is 0 Å². The maximum absolute atomic E-state index is 2.24. The minimum Gasteiger partial charge on any atom is -0.0942 e. The van der Waals surface area contributed by atoms with Gasteiger partial charge in [-0.15, -0.1) is 0 Å². The van der Waals surface area contributed by atoms with Crippen molar-refractivity contribution in [2.45, 2.75) is 30.6 Å². The normalized spacial score (nSPS) is 15.6. The largest absolute Gasteiger partial charge is 0.0942 e. The Morgan fingerprint density at radius 1 is 0.684 bits per heavy atom. The van der Waals surface area contributed by atoms with Gasteiger partial charge in [0.25, 0.3) is 0 Å². The number of benzene rings is 2. The third-order valence-electron chi connectivity index (χ3n) is 3.52. The molecule has 1 aliphatic carbocycles. The molecule has 0 nitrogen and oxygen atoms in total. The van der Waals surface area contributed by atoms with Gasteiger partial charge < -0.3 is 0 Å². The highest BCUT2D eigenvalue weighted by Crippen LogP contribution is 2.41. The Labute approximate surface area is 119 Å². The Balaban J connectivity index is 1.93. The van der Waals surface area contributed by atoms with Crippen molar-refractivity contribution in [2.24, 2.45) is 0 Å². The van der Waals surface area contributed by atoms with Gasteiger partial charge in [-0.05, 0) is 53.9 Å². The highest BCUT2D eigenvalue weighted by molar-refractivity contribution is 8.03. The van der Waals surface area contributed by atoms with Crippen molar-refractivity contribution in [2.75, 3.05) is 0 Å². The molecule has 0 bridgehead atoms. The first-order valence-electron chi connectivity index (χ1n) is 6.94. The van der Waals surface area contributed by atoms with E-state index < -0.39 is 0 Å². The van der Waals surface area contributed by atoms with Crippen LogP contribution in [0.25, 0.3) is 5.57 Å². The fourth-order valence-electron chi connectivity index (χ4n) is 2.57. The van der Waals surface area contributed by atoms with Crippen molar-refractivity contribution in [3.8, 4) is 0 Å². The zero-order chi connectivity index (χ0) is 12.9. The van der Waals surface area contributed by atoms with E-state index in [0.717, 1.165) is 0 Å². The molecule has 0 saturated carbocycles. The maximum Gasteiger partial charge on any atom is 0.0119 e. The van der Waals surface area contributed by atoms with E-state index in [-0.39, 0.29) is 0 Å². The van der Waals surface area contributed by atoms with Crippen LogP contribution >= 0.6 is 11.8 Å². The van der Waals surface area contributed by atoms with Crippen LogP contribution in [0.2, 0.25) is 0 Å². The molecule has 0 unspecified atom stereocenters. The molecular weight excluding hydrogens is 248 g/mol. The average molecular weight is 266 g/mol. The highest BCUT2D eigenvalue weighted by atomic mass is 32.2. The lowest BCUT2D eigenvalue weighted by Gasteiger charge is -2.20. The topological polar surface area (TPSA) is 0 Å². The fraction of sp³-hybridized carbons (Fsp3) is 0.222. The summed E-state index contributed by atoms with van der Waals surface area (Å²) in [5, 5.41) is 0. The third-order valence-corrected chi connectivity index (χ3v) is 4.73. The quantitative estimate of drug-likeness (QED) is 0.680. The Bertz CT molecular complexity index is 555. The van der Waals surface area contributed by atoms with Gasteiger partial charge in [-0.3, -0.25) is 0 Å². The van der Waals surface area contributed by atoms with Crippen molar-refractivity contribution >= 4 is 17.3 Å². The molecule has 3 rings (SSSR count). The predicted molar refractivity (Wildman–Crippen MR) is 84.1 cm³/mol. The molecule has 0 aliphatic heterocycles. The zero-order valence-electron chi connectivity index (χ0n) is 11.0. The van der Waals surface area contributed by atoms with E-state index in [2.05, 4.69) is 60.7 Å². The standard InChI is InChI=1S/C18H18S/c1-3-9-15(10-4-1)17-13-7-8-14-18(17)19-16-11-5-2-6-12-16/h1-6,9-12H,7-8,13-14H2. The number of thioether (sulfide) groups is 1. The van der Waals surface area contributed by atoms with Crippen LogP contribution in [0.3, 0.4) is 0 Å². The van der Waals surface area contributed by atoms with Crippen LogP contribution in [0.15, 0.2) is 70.5 Å².